The van der Waals surface area contributed by atoms with Gasteiger partial charge in [0.25, 0.3) is 5.91 Å². The Balaban J connectivity index is 1.33. The van der Waals surface area contributed by atoms with Crippen LogP contribution in [0.3, 0.4) is 0 Å². The first-order valence-electron chi connectivity index (χ1n) is 13.3. The molecule has 0 unspecified atom stereocenters. The number of nitrogens with one attached hydrogen (secondary N) is 3. The highest BCUT2D eigenvalue weighted by Crippen LogP contribution is 2.23. The van der Waals surface area contributed by atoms with Crippen molar-refractivity contribution < 1.29 is 4.79 Å². The third kappa shape index (κ3) is 7.60. The lowest BCUT2D eigenvalue weighted by molar-refractivity contribution is 0.0947. The molecule has 1 aromatic carbocycles. The van der Waals surface area contributed by atoms with Gasteiger partial charge in [-0.15, -0.1) is 0 Å². The summed E-state index contributed by atoms with van der Waals surface area (Å²) in [6, 6.07) is 13.5. The zero-order valence-electron chi connectivity index (χ0n) is 21.8. The number of nitrogens with zero attached hydrogens (tertiary/aromatic N) is 4. The molecule has 3 N–H and O–H groups in total. The Hall–Kier alpha value is -3.78. The Morgan fingerprint density at radius 1 is 0.973 bits per heavy atom. The molecule has 3 aromatic heterocycles. The molecular formula is C29H37N7O. The van der Waals surface area contributed by atoms with Crippen LogP contribution in [0.5, 0.6) is 0 Å². The van der Waals surface area contributed by atoms with Crippen molar-refractivity contribution in [3.63, 3.8) is 0 Å². The number of hydrogen-bond donors (Lipinski definition) is 3. The van der Waals surface area contributed by atoms with Gasteiger partial charge in [-0.25, -0.2) is 9.97 Å². The maximum Gasteiger partial charge on any atom is 0.267 e. The van der Waals surface area contributed by atoms with Crippen molar-refractivity contribution in [1.29, 1.82) is 0 Å². The van der Waals surface area contributed by atoms with Crippen LogP contribution in [0.1, 0.15) is 56.4 Å². The predicted molar refractivity (Wildman–Crippen MR) is 150 cm³/mol. The van der Waals surface area contributed by atoms with Crippen molar-refractivity contribution in [2.24, 2.45) is 0 Å². The minimum absolute atomic E-state index is 0.0770. The van der Waals surface area contributed by atoms with Crippen LogP contribution in [0.25, 0.3) is 22.2 Å². The normalized spacial score (nSPS) is 11.2. The lowest BCUT2D eigenvalue weighted by atomic mass is 10.2. The highest BCUT2D eigenvalue weighted by Gasteiger charge is 2.11. The second-order valence-electron chi connectivity index (χ2n) is 9.28. The molecule has 0 aliphatic carbocycles. The standard InChI is InChI=1S/C29H37N7O/c1-3-5-16-36(17-6-4-2)18-8-14-31-28(37)27-20-23-19-24(10-11-25(23)34-27)33-29-32-15-12-26(35-29)22-9-7-13-30-21-22/h7,9-13,15,19-21,34H,3-6,8,14,16-18H2,1-2H3,(H,31,37)(H,32,33,35). The van der Waals surface area contributed by atoms with Crippen molar-refractivity contribution in [3.05, 3.63) is 66.7 Å². The van der Waals surface area contributed by atoms with Gasteiger partial charge >= 0.3 is 0 Å². The average molecular weight is 500 g/mol. The Morgan fingerprint density at radius 3 is 2.54 bits per heavy atom. The Labute approximate surface area is 218 Å². The van der Waals surface area contributed by atoms with Crippen molar-refractivity contribution in [1.82, 2.24) is 30.2 Å². The van der Waals surface area contributed by atoms with E-state index in [2.05, 4.69) is 49.3 Å². The number of fused-ring (bicyclic) bond motifs is 1. The molecule has 0 saturated heterocycles. The van der Waals surface area contributed by atoms with Crippen LogP contribution in [0.15, 0.2) is 61.1 Å². The maximum absolute atomic E-state index is 12.8. The molecule has 4 rings (SSSR count). The lowest BCUT2D eigenvalue weighted by Gasteiger charge is -2.21. The highest BCUT2D eigenvalue weighted by molar-refractivity contribution is 5.98. The molecule has 37 heavy (non-hydrogen) atoms. The number of aromatic amines is 1. The summed E-state index contributed by atoms with van der Waals surface area (Å²) in [7, 11) is 0. The summed E-state index contributed by atoms with van der Waals surface area (Å²) in [5.41, 5.74) is 4.05. The quantitative estimate of drug-likeness (QED) is 0.190. The molecule has 0 spiro atoms. The Morgan fingerprint density at radius 2 is 1.78 bits per heavy atom. The van der Waals surface area contributed by atoms with E-state index in [1.54, 1.807) is 18.6 Å². The second-order valence-corrected chi connectivity index (χ2v) is 9.28. The fourth-order valence-corrected chi connectivity index (χ4v) is 4.25. The largest absolute Gasteiger partial charge is 0.351 e. The summed E-state index contributed by atoms with van der Waals surface area (Å²) in [6.07, 6.45) is 11.1. The fraction of sp³-hybridized carbons (Fsp3) is 0.379. The van der Waals surface area contributed by atoms with E-state index < -0.39 is 0 Å². The minimum atomic E-state index is -0.0770. The number of amides is 1. The fourth-order valence-electron chi connectivity index (χ4n) is 4.25. The number of carbonyl (C=O) groups excluding carboxylic acids is 1. The van der Waals surface area contributed by atoms with Gasteiger partial charge in [-0.2, -0.15) is 0 Å². The zero-order valence-corrected chi connectivity index (χ0v) is 21.8. The maximum atomic E-state index is 12.8. The molecule has 0 aliphatic heterocycles. The van der Waals surface area contributed by atoms with Crippen LogP contribution in [0.2, 0.25) is 0 Å². The molecule has 0 atom stereocenters. The summed E-state index contributed by atoms with van der Waals surface area (Å²) in [5.74, 6) is 0.424. The Kier molecular flexibility index (Phi) is 9.60. The Bertz CT molecular complexity index is 1260. The van der Waals surface area contributed by atoms with E-state index in [1.165, 1.54) is 25.7 Å². The van der Waals surface area contributed by atoms with Crippen molar-refractivity contribution >= 4 is 28.4 Å². The van der Waals surface area contributed by atoms with Crippen LogP contribution in [-0.2, 0) is 0 Å². The highest BCUT2D eigenvalue weighted by atomic mass is 16.1. The summed E-state index contributed by atoms with van der Waals surface area (Å²) < 4.78 is 0. The molecule has 0 radical (unpaired) electrons. The van der Waals surface area contributed by atoms with Gasteiger partial charge in [-0.1, -0.05) is 26.7 Å². The number of hydrogen-bond acceptors (Lipinski definition) is 6. The molecule has 1 amide bonds. The molecule has 0 bridgehead atoms. The van der Waals surface area contributed by atoms with E-state index in [0.717, 1.165) is 53.9 Å². The van der Waals surface area contributed by atoms with Crippen LogP contribution in [0, 0.1) is 0 Å². The molecule has 0 saturated carbocycles. The zero-order chi connectivity index (χ0) is 25.9. The molecule has 8 nitrogen and oxygen atoms in total. The number of rotatable bonds is 14. The van der Waals surface area contributed by atoms with Crippen LogP contribution < -0.4 is 10.6 Å². The van der Waals surface area contributed by atoms with Crippen LogP contribution >= 0.6 is 0 Å². The van der Waals surface area contributed by atoms with Crippen LogP contribution in [-0.4, -0.2) is 56.9 Å². The van der Waals surface area contributed by atoms with Crippen molar-refractivity contribution in [2.45, 2.75) is 46.0 Å². The average Bonchev–Trinajstić information content (AvgIpc) is 3.36. The van der Waals surface area contributed by atoms with Crippen LogP contribution in [0.4, 0.5) is 11.6 Å². The summed E-state index contributed by atoms with van der Waals surface area (Å²) in [4.78, 5) is 31.6. The van der Waals surface area contributed by atoms with Crippen molar-refractivity contribution in [3.8, 4) is 11.3 Å². The number of H-pyrrole nitrogens is 1. The number of unbranched alkanes of at least 4 members (excludes halogenated alkanes) is 2. The molecule has 3 heterocycles. The molecule has 194 valence electrons. The van der Waals surface area contributed by atoms with E-state index in [1.807, 2.05) is 42.5 Å². The van der Waals surface area contributed by atoms with Gasteiger partial charge in [-0.3, -0.25) is 9.78 Å². The second kappa shape index (κ2) is 13.5. The molecule has 0 fully saturated rings. The topological polar surface area (TPSA) is 98.8 Å². The van der Waals surface area contributed by atoms with E-state index in [-0.39, 0.29) is 5.91 Å². The number of benzene rings is 1. The number of pyridine rings is 1. The van der Waals surface area contributed by atoms with E-state index >= 15 is 0 Å². The van der Waals surface area contributed by atoms with Gasteiger partial charge in [0.2, 0.25) is 5.95 Å². The lowest BCUT2D eigenvalue weighted by Crippen LogP contribution is -2.31. The van der Waals surface area contributed by atoms with Gasteiger partial charge in [0.1, 0.15) is 5.69 Å². The molecule has 8 heteroatoms. The number of anilines is 2. The van der Waals surface area contributed by atoms with Gasteiger partial charge < -0.3 is 20.5 Å². The van der Waals surface area contributed by atoms with E-state index in [4.69, 9.17) is 0 Å². The van der Waals surface area contributed by atoms with Gasteiger partial charge in [0.15, 0.2) is 0 Å². The van der Waals surface area contributed by atoms with Gasteiger partial charge in [0.05, 0.1) is 5.69 Å². The summed E-state index contributed by atoms with van der Waals surface area (Å²) in [6.45, 7) is 8.43. The third-order valence-electron chi connectivity index (χ3n) is 6.33. The van der Waals surface area contributed by atoms with Gasteiger partial charge in [0, 0.05) is 47.3 Å². The predicted octanol–water partition coefficient (Wildman–Crippen LogP) is 5.79. The molecule has 4 aromatic rings. The third-order valence-corrected chi connectivity index (χ3v) is 6.33. The summed E-state index contributed by atoms with van der Waals surface area (Å²) >= 11 is 0. The first-order chi connectivity index (χ1) is 18.2. The minimum Gasteiger partial charge on any atom is -0.351 e. The first kappa shape index (κ1) is 26.3. The SMILES string of the molecule is CCCCN(CCCC)CCCNC(=O)c1cc2cc(Nc3nccc(-c4cccnc4)n3)ccc2[nH]1. The smallest absolute Gasteiger partial charge is 0.267 e. The van der Waals surface area contributed by atoms with Crippen molar-refractivity contribution in [2.75, 3.05) is 31.5 Å². The molecule has 0 aliphatic rings. The number of carbonyl (C=O) groups is 1. The number of aromatic nitrogens is 4. The monoisotopic (exact) mass is 499 g/mol. The van der Waals surface area contributed by atoms with Gasteiger partial charge in [-0.05, 0) is 81.4 Å². The van der Waals surface area contributed by atoms with E-state index in [0.29, 0.717) is 18.2 Å². The molecular weight excluding hydrogens is 462 g/mol. The van der Waals surface area contributed by atoms with E-state index in [9.17, 15) is 4.79 Å². The summed E-state index contributed by atoms with van der Waals surface area (Å²) in [5, 5.41) is 7.28. The first-order valence-corrected chi connectivity index (χ1v) is 13.3.